The number of nitrogens with two attached hydrogens (primary N) is 1. The minimum atomic E-state index is -0.232. The van der Waals surface area contributed by atoms with Gasteiger partial charge in [-0.3, -0.25) is 23.8 Å². The quantitative estimate of drug-likeness (QED) is 0.181. The van der Waals surface area contributed by atoms with E-state index in [1.165, 1.54) is 11.6 Å². The molecule has 0 bridgehead atoms. The molecule has 2 saturated heterocycles. The summed E-state index contributed by atoms with van der Waals surface area (Å²) in [4.78, 5) is 44.8. The van der Waals surface area contributed by atoms with E-state index in [0.29, 0.717) is 54.6 Å². The molecule has 0 radical (unpaired) electrons. The van der Waals surface area contributed by atoms with Gasteiger partial charge >= 0.3 is 0 Å². The van der Waals surface area contributed by atoms with Crippen LogP contribution in [0.25, 0.3) is 27.9 Å². The second-order valence-electron chi connectivity index (χ2n) is 15.7. The second-order valence-corrected chi connectivity index (χ2v) is 15.7. The lowest BCUT2D eigenvalue weighted by molar-refractivity contribution is 0.0440. The van der Waals surface area contributed by atoms with Gasteiger partial charge in [0.1, 0.15) is 28.4 Å². The molecule has 13 nitrogen and oxygen atoms in total. The Morgan fingerprint density at radius 1 is 0.839 bits per heavy atom. The summed E-state index contributed by atoms with van der Waals surface area (Å²) in [5.41, 5.74) is 14.6. The molecule has 288 valence electrons. The van der Waals surface area contributed by atoms with Crippen LogP contribution in [0.2, 0.25) is 0 Å². The van der Waals surface area contributed by atoms with Crippen molar-refractivity contribution in [2.24, 2.45) is 0 Å². The van der Waals surface area contributed by atoms with Crippen molar-refractivity contribution in [2.75, 3.05) is 45.0 Å². The average Bonchev–Trinajstić information content (AvgIpc) is 3.93. The summed E-state index contributed by atoms with van der Waals surface area (Å²) in [6.07, 6.45) is 5.79. The van der Waals surface area contributed by atoms with Crippen LogP contribution in [0.4, 0.5) is 6.01 Å². The molecule has 3 aromatic carbocycles. The van der Waals surface area contributed by atoms with E-state index < -0.39 is 0 Å². The number of benzene rings is 3. The van der Waals surface area contributed by atoms with Crippen molar-refractivity contribution in [3.63, 3.8) is 0 Å². The zero-order valence-corrected chi connectivity index (χ0v) is 31.7. The Morgan fingerprint density at radius 3 is 2.39 bits per heavy atom. The van der Waals surface area contributed by atoms with Crippen LogP contribution in [0, 0.1) is 0 Å². The zero-order valence-electron chi connectivity index (χ0n) is 31.7. The monoisotopic (exact) mass is 754 g/mol. The number of pyridine rings is 1. The van der Waals surface area contributed by atoms with E-state index in [4.69, 9.17) is 10.2 Å². The van der Waals surface area contributed by atoms with Gasteiger partial charge in [-0.2, -0.15) is 4.98 Å². The number of hydrogen-bond donors (Lipinski definition) is 3. The third kappa shape index (κ3) is 6.70. The van der Waals surface area contributed by atoms with Crippen LogP contribution < -0.4 is 5.73 Å². The predicted octanol–water partition coefficient (Wildman–Crippen LogP) is 5.84. The van der Waals surface area contributed by atoms with Gasteiger partial charge in [0.15, 0.2) is 5.58 Å². The van der Waals surface area contributed by atoms with Crippen molar-refractivity contribution in [1.29, 1.82) is 0 Å². The molecule has 0 atom stereocenters. The Bertz CT molecular complexity index is 2470. The molecule has 4 N–H and O–H groups in total. The minimum Gasteiger partial charge on any atom is -0.508 e. The number of likely N-dealkylation sites (tertiary alicyclic amines) is 1. The number of amides is 2. The summed E-state index contributed by atoms with van der Waals surface area (Å²) >= 11 is 0. The maximum Gasteiger partial charge on any atom is 0.292 e. The largest absolute Gasteiger partial charge is 0.508 e. The lowest BCUT2D eigenvalue weighted by Gasteiger charge is -2.42. The first kappa shape index (κ1) is 35.8. The first-order chi connectivity index (χ1) is 27.1. The molecule has 0 spiro atoms. The molecule has 3 aliphatic heterocycles. The first-order valence-corrected chi connectivity index (χ1v) is 19.4. The van der Waals surface area contributed by atoms with Crippen LogP contribution in [0.1, 0.15) is 75.7 Å². The minimum absolute atomic E-state index is 0.00386. The molecule has 9 rings (SSSR count). The van der Waals surface area contributed by atoms with Crippen LogP contribution in [-0.4, -0.2) is 101 Å². The summed E-state index contributed by atoms with van der Waals surface area (Å²) in [6, 6.07) is 19.7. The van der Waals surface area contributed by atoms with E-state index in [-0.39, 0.29) is 40.8 Å². The highest BCUT2D eigenvalue weighted by molar-refractivity contribution is 5.97. The van der Waals surface area contributed by atoms with Crippen molar-refractivity contribution in [2.45, 2.75) is 58.3 Å². The number of fused-ring (bicyclic) bond motifs is 3. The summed E-state index contributed by atoms with van der Waals surface area (Å²) in [5.74, 6) is -0.414. The fraction of sp³-hybridized carbons (Fsp3) is 0.349. The number of carbonyl (C=O) groups is 2. The van der Waals surface area contributed by atoms with Crippen molar-refractivity contribution >= 4 is 34.6 Å². The van der Waals surface area contributed by atoms with Gasteiger partial charge < -0.3 is 30.2 Å². The lowest BCUT2D eigenvalue weighted by atomic mass is 9.98. The second kappa shape index (κ2) is 14.3. The summed E-state index contributed by atoms with van der Waals surface area (Å²) in [5, 5.41) is 20.7. The number of aromatic nitrogens is 3. The Balaban J connectivity index is 0.775. The third-order valence-electron chi connectivity index (χ3n) is 11.8. The number of phenols is 2. The number of piperazine rings is 1. The van der Waals surface area contributed by atoms with Crippen LogP contribution in [0.5, 0.6) is 11.5 Å². The standard InChI is InChI=1S/C43H46N8O5/c1-26(2)33-19-34(38(53)20-37(33)52)41(54)50-23-29-4-3-27(17-31(29)24-50)22-47-11-9-32(10-12-47)48-13-15-49(16-14-48)42(55)36-21-45-40-8-6-30(25-51(36)40)28-5-7-39-35(18-28)46-43(44)56-39/h3-8,17-21,25-26,32,52-53H,9-16,22-24H2,1-2H3,(H2,44,46). The summed E-state index contributed by atoms with van der Waals surface area (Å²) < 4.78 is 7.30. The van der Waals surface area contributed by atoms with Gasteiger partial charge in [0.05, 0.1) is 11.8 Å². The number of nitrogen functional groups attached to an aromatic ring is 1. The van der Waals surface area contributed by atoms with Gasteiger partial charge in [-0.05, 0) is 95.6 Å². The van der Waals surface area contributed by atoms with E-state index in [2.05, 4.69) is 38.0 Å². The van der Waals surface area contributed by atoms with Crippen molar-refractivity contribution in [1.82, 2.24) is 34.0 Å². The van der Waals surface area contributed by atoms with E-state index in [0.717, 1.165) is 73.5 Å². The number of nitrogens with zero attached hydrogens (tertiary/aromatic N) is 7. The molecule has 0 aliphatic carbocycles. The van der Waals surface area contributed by atoms with E-state index in [9.17, 15) is 19.8 Å². The van der Waals surface area contributed by atoms with Gasteiger partial charge in [-0.25, -0.2) is 4.98 Å². The maximum atomic E-state index is 13.8. The third-order valence-corrected chi connectivity index (χ3v) is 11.8. The maximum absolute atomic E-state index is 13.8. The SMILES string of the molecule is CC(C)c1cc(C(=O)N2Cc3ccc(CN4CCC(N5CCN(C(=O)c6cnc7ccc(-c8ccc9oc(N)nc9c8)cn67)CC5)CC4)cc3C2)c(O)cc1O. The number of carbonyl (C=O) groups excluding carboxylic acids is 2. The smallest absolute Gasteiger partial charge is 0.292 e. The van der Waals surface area contributed by atoms with E-state index in [1.807, 2.05) is 59.7 Å². The molecule has 56 heavy (non-hydrogen) atoms. The first-order valence-electron chi connectivity index (χ1n) is 19.4. The van der Waals surface area contributed by atoms with Gasteiger partial charge in [0.2, 0.25) is 0 Å². The number of rotatable bonds is 7. The molecule has 3 aromatic heterocycles. The number of anilines is 1. The summed E-state index contributed by atoms with van der Waals surface area (Å²) in [6.45, 7) is 10.8. The van der Waals surface area contributed by atoms with Gasteiger partial charge in [-0.15, -0.1) is 0 Å². The Morgan fingerprint density at radius 2 is 1.61 bits per heavy atom. The number of piperidine rings is 1. The highest BCUT2D eigenvalue weighted by Gasteiger charge is 2.31. The van der Waals surface area contributed by atoms with Crippen LogP contribution in [-0.2, 0) is 19.6 Å². The van der Waals surface area contributed by atoms with E-state index in [1.54, 1.807) is 17.2 Å². The zero-order chi connectivity index (χ0) is 38.7. The number of imidazole rings is 1. The molecule has 13 heteroatoms. The highest BCUT2D eigenvalue weighted by atomic mass is 16.4. The molecular weight excluding hydrogens is 709 g/mol. The normalized spacial score (nSPS) is 17.1. The van der Waals surface area contributed by atoms with Crippen molar-refractivity contribution in [3.05, 3.63) is 107 Å². The molecular formula is C43H46N8O5. The predicted molar refractivity (Wildman–Crippen MR) is 212 cm³/mol. The molecule has 2 amide bonds. The topological polar surface area (TPSA) is 157 Å². The Labute approximate surface area is 324 Å². The molecule has 3 aliphatic rings. The Hall–Kier alpha value is -5.92. The summed E-state index contributed by atoms with van der Waals surface area (Å²) in [7, 11) is 0. The van der Waals surface area contributed by atoms with Crippen LogP contribution in [0.15, 0.2) is 77.5 Å². The number of aromatic hydroxyl groups is 2. The lowest BCUT2D eigenvalue weighted by Crippen LogP contribution is -2.54. The van der Waals surface area contributed by atoms with E-state index >= 15 is 0 Å². The fourth-order valence-electron chi connectivity index (χ4n) is 8.68. The van der Waals surface area contributed by atoms with Crippen molar-refractivity contribution in [3.8, 4) is 22.6 Å². The Kier molecular flexibility index (Phi) is 9.13. The number of hydrogen-bond acceptors (Lipinski definition) is 10. The molecule has 0 unspecified atom stereocenters. The van der Waals surface area contributed by atoms with Gasteiger partial charge in [0, 0.05) is 64.1 Å². The number of phenolic OH excluding ortho intramolecular Hbond substituents is 2. The molecule has 0 saturated carbocycles. The number of oxazole rings is 1. The van der Waals surface area contributed by atoms with Gasteiger partial charge in [-0.1, -0.05) is 38.1 Å². The molecule has 6 aromatic rings. The molecule has 2 fully saturated rings. The highest BCUT2D eigenvalue weighted by Crippen LogP contribution is 2.35. The van der Waals surface area contributed by atoms with Crippen molar-refractivity contribution < 1.29 is 24.2 Å². The van der Waals surface area contributed by atoms with Crippen LogP contribution >= 0.6 is 0 Å². The fourth-order valence-corrected chi connectivity index (χ4v) is 8.68. The molecule has 6 heterocycles. The average molecular weight is 755 g/mol. The van der Waals surface area contributed by atoms with Gasteiger partial charge in [0.25, 0.3) is 17.8 Å². The van der Waals surface area contributed by atoms with Crippen LogP contribution in [0.3, 0.4) is 0 Å².